The SMILES string of the molecule is CP(C)CCCCCCCCCCCCCCCCCC(Cc1ccccc1)Cc1ccccc1. The molecule has 2 aromatic rings. The lowest BCUT2D eigenvalue weighted by Crippen LogP contribution is -2.08. The van der Waals surface area contributed by atoms with Gasteiger partial charge in [0, 0.05) is 0 Å². The van der Waals surface area contributed by atoms with Gasteiger partial charge in [0.05, 0.1) is 0 Å². The van der Waals surface area contributed by atoms with Crippen LogP contribution in [-0.4, -0.2) is 19.5 Å². The summed E-state index contributed by atoms with van der Waals surface area (Å²) in [6.45, 7) is 4.82. The summed E-state index contributed by atoms with van der Waals surface area (Å²) in [6, 6.07) is 22.2. The normalized spacial score (nSPS) is 11.5. The Morgan fingerprint density at radius 1 is 0.457 bits per heavy atom. The third kappa shape index (κ3) is 17.0. The zero-order valence-electron chi connectivity index (χ0n) is 23.2. The molecule has 2 aromatic carbocycles. The summed E-state index contributed by atoms with van der Waals surface area (Å²) in [6.07, 6.45) is 27.1. The second kappa shape index (κ2) is 21.0. The van der Waals surface area contributed by atoms with Gasteiger partial charge in [-0.25, -0.2) is 0 Å². The van der Waals surface area contributed by atoms with E-state index in [-0.39, 0.29) is 0 Å². The largest absolute Gasteiger partial charge is 0.113 e. The summed E-state index contributed by atoms with van der Waals surface area (Å²) in [5, 5.41) is 0. The fourth-order valence-electron chi connectivity index (χ4n) is 5.33. The van der Waals surface area contributed by atoms with E-state index < -0.39 is 0 Å². The zero-order chi connectivity index (χ0) is 24.8. The maximum absolute atomic E-state index is 2.41. The highest BCUT2D eigenvalue weighted by Gasteiger charge is 2.11. The van der Waals surface area contributed by atoms with Crippen LogP contribution in [0.5, 0.6) is 0 Å². The number of hydrogen-bond acceptors (Lipinski definition) is 0. The molecule has 0 spiro atoms. The van der Waals surface area contributed by atoms with Gasteiger partial charge in [0.1, 0.15) is 0 Å². The summed E-state index contributed by atoms with van der Waals surface area (Å²) in [5.41, 5.74) is 2.99. The molecule has 0 bridgehead atoms. The molecule has 0 aliphatic rings. The van der Waals surface area contributed by atoms with Gasteiger partial charge in [-0.3, -0.25) is 0 Å². The van der Waals surface area contributed by atoms with E-state index in [0.29, 0.717) is 7.92 Å². The van der Waals surface area contributed by atoms with E-state index >= 15 is 0 Å². The quantitative estimate of drug-likeness (QED) is 0.113. The highest BCUT2D eigenvalue weighted by atomic mass is 31.1. The van der Waals surface area contributed by atoms with Gasteiger partial charge in [-0.2, -0.15) is 0 Å². The highest BCUT2D eigenvalue weighted by Crippen LogP contribution is 2.26. The zero-order valence-corrected chi connectivity index (χ0v) is 24.1. The van der Waals surface area contributed by atoms with Crippen LogP contribution in [0.15, 0.2) is 60.7 Å². The minimum Gasteiger partial charge on any atom is -0.113 e. The summed E-state index contributed by atoms with van der Waals surface area (Å²) >= 11 is 0. The van der Waals surface area contributed by atoms with Crippen molar-refractivity contribution in [2.75, 3.05) is 19.5 Å². The van der Waals surface area contributed by atoms with Gasteiger partial charge in [0.25, 0.3) is 0 Å². The second-order valence-corrected chi connectivity index (χ2v) is 13.7. The van der Waals surface area contributed by atoms with Crippen LogP contribution in [0.4, 0.5) is 0 Å². The van der Waals surface area contributed by atoms with E-state index in [1.807, 2.05) is 0 Å². The molecule has 2 rings (SSSR count). The first-order chi connectivity index (χ1) is 17.2. The lowest BCUT2D eigenvalue weighted by atomic mass is 9.88. The van der Waals surface area contributed by atoms with Gasteiger partial charge in [-0.15, -0.1) is 7.92 Å². The van der Waals surface area contributed by atoms with E-state index in [4.69, 9.17) is 0 Å². The Labute approximate surface area is 220 Å². The van der Waals surface area contributed by atoms with Gasteiger partial charge in [0.2, 0.25) is 0 Å². The maximum Gasteiger partial charge on any atom is -0.0247 e. The Bertz CT molecular complexity index is 652. The molecule has 0 aromatic heterocycles. The Hall–Kier alpha value is -1.13. The fourth-order valence-corrected chi connectivity index (χ4v) is 6.19. The minimum absolute atomic E-state index is 0.336. The standard InChI is InChI=1S/C34H55P/c1-35(2)29-23-15-13-11-9-7-5-3-4-6-8-10-12-14-18-28-34(30-32-24-19-16-20-25-32)31-33-26-21-17-22-27-33/h16-17,19-22,24-27,34H,3-15,18,23,28-31H2,1-2H3. The predicted octanol–water partition coefficient (Wildman–Crippen LogP) is 11.1. The Morgan fingerprint density at radius 3 is 1.17 bits per heavy atom. The van der Waals surface area contributed by atoms with E-state index in [2.05, 4.69) is 74.0 Å². The van der Waals surface area contributed by atoms with E-state index in [1.54, 1.807) is 0 Å². The molecule has 0 nitrogen and oxygen atoms in total. The van der Waals surface area contributed by atoms with Crippen molar-refractivity contribution in [1.82, 2.24) is 0 Å². The monoisotopic (exact) mass is 494 g/mol. The molecule has 0 saturated heterocycles. The molecular weight excluding hydrogens is 439 g/mol. The van der Waals surface area contributed by atoms with Crippen LogP contribution in [0.1, 0.15) is 114 Å². The van der Waals surface area contributed by atoms with E-state index in [0.717, 1.165) is 5.92 Å². The van der Waals surface area contributed by atoms with Crippen LogP contribution in [0.2, 0.25) is 0 Å². The molecule has 0 amide bonds. The first-order valence-electron chi connectivity index (χ1n) is 15.0. The molecule has 0 saturated carbocycles. The van der Waals surface area contributed by atoms with Crippen molar-refractivity contribution in [3.63, 3.8) is 0 Å². The number of unbranched alkanes of at least 4 members (excludes halogenated alkanes) is 14. The van der Waals surface area contributed by atoms with Gasteiger partial charge >= 0.3 is 0 Å². The first-order valence-corrected chi connectivity index (χ1v) is 17.4. The first kappa shape index (κ1) is 30.1. The minimum atomic E-state index is 0.336. The lowest BCUT2D eigenvalue weighted by molar-refractivity contribution is 0.444. The smallest absolute Gasteiger partial charge is 0.0247 e. The average Bonchev–Trinajstić information content (AvgIpc) is 2.87. The molecule has 0 radical (unpaired) electrons. The average molecular weight is 495 g/mol. The summed E-state index contributed by atoms with van der Waals surface area (Å²) in [5.74, 6) is 0.764. The van der Waals surface area contributed by atoms with Crippen LogP contribution in [-0.2, 0) is 12.8 Å². The van der Waals surface area contributed by atoms with Crippen molar-refractivity contribution in [2.45, 2.75) is 116 Å². The van der Waals surface area contributed by atoms with Crippen LogP contribution >= 0.6 is 7.92 Å². The third-order valence-corrected chi connectivity index (χ3v) is 8.66. The van der Waals surface area contributed by atoms with Gasteiger partial charge < -0.3 is 0 Å². The predicted molar refractivity (Wildman–Crippen MR) is 161 cm³/mol. The van der Waals surface area contributed by atoms with Crippen LogP contribution in [0, 0.1) is 5.92 Å². The summed E-state index contributed by atoms with van der Waals surface area (Å²) < 4.78 is 0. The van der Waals surface area contributed by atoms with Gasteiger partial charge in [-0.1, -0.05) is 151 Å². The van der Waals surface area contributed by atoms with Crippen molar-refractivity contribution >= 4 is 7.92 Å². The Balaban J connectivity index is 1.43. The van der Waals surface area contributed by atoms with Crippen molar-refractivity contribution in [1.29, 1.82) is 0 Å². The van der Waals surface area contributed by atoms with E-state index in [1.165, 1.54) is 133 Å². The van der Waals surface area contributed by atoms with Crippen molar-refractivity contribution < 1.29 is 0 Å². The van der Waals surface area contributed by atoms with Crippen molar-refractivity contribution in [3.8, 4) is 0 Å². The second-order valence-electron chi connectivity index (χ2n) is 11.1. The summed E-state index contributed by atoms with van der Waals surface area (Å²) in [7, 11) is 0.336. The Morgan fingerprint density at radius 2 is 0.800 bits per heavy atom. The highest BCUT2D eigenvalue weighted by molar-refractivity contribution is 7.55. The summed E-state index contributed by atoms with van der Waals surface area (Å²) in [4.78, 5) is 0. The number of benzene rings is 2. The van der Waals surface area contributed by atoms with Crippen LogP contribution in [0.25, 0.3) is 0 Å². The number of rotatable bonds is 22. The van der Waals surface area contributed by atoms with Gasteiger partial charge in [0.15, 0.2) is 0 Å². The van der Waals surface area contributed by atoms with Crippen LogP contribution < -0.4 is 0 Å². The number of hydrogen-bond donors (Lipinski definition) is 0. The van der Waals surface area contributed by atoms with Crippen molar-refractivity contribution in [2.24, 2.45) is 5.92 Å². The molecule has 196 valence electrons. The van der Waals surface area contributed by atoms with Crippen LogP contribution in [0.3, 0.4) is 0 Å². The fraction of sp³-hybridized carbons (Fsp3) is 0.647. The van der Waals surface area contributed by atoms with Crippen molar-refractivity contribution in [3.05, 3.63) is 71.8 Å². The third-order valence-electron chi connectivity index (χ3n) is 7.45. The molecule has 0 aliphatic carbocycles. The molecule has 0 unspecified atom stereocenters. The maximum atomic E-state index is 2.41. The molecule has 35 heavy (non-hydrogen) atoms. The molecule has 0 heterocycles. The lowest BCUT2D eigenvalue weighted by Gasteiger charge is -2.17. The molecular formula is C34H55P. The van der Waals surface area contributed by atoms with E-state index in [9.17, 15) is 0 Å². The van der Waals surface area contributed by atoms with Gasteiger partial charge in [-0.05, 0) is 62.2 Å². The molecule has 0 N–H and O–H groups in total. The molecule has 0 aliphatic heterocycles. The topological polar surface area (TPSA) is 0 Å². The molecule has 0 atom stereocenters. The molecule has 1 heteroatoms. The Kier molecular flexibility index (Phi) is 18.1. The molecule has 0 fully saturated rings.